The Balaban J connectivity index is 3.82. The van der Waals surface area contributed by atoms with Gasteiger partial charge in [-0.05, 0) is 0 Å². The van der Waals surface area contributed by atoms with Crippen LogP contribution in [0.4, 0.5) is 0 Å². The number of primary amides is 1. The van der Waals surface area contributed by atoms with Crippen molar-refractivity contribution in [3.8, 4) is 0 Å². The Bertz CT molecular complexity index is 144. The van der Waals surface area contributed by atoms with Gasteiger partial charge < -0.3 is 15.9 Å². The van der Waals surface area contributed by atoms with E-state index in [1.165, 1.54) is 0 Å². The van der Waals surface area contributed by atoms with Gasteiger partial charge in [-0.15, -0.1) is 0 Å². The van der Waals surface area contributed by atoms with Crippen molar-refractivity contribution in [1.29, 1.82) is 0 Å². The van der Waals surface area contributed by atoms with Gasteiger partial charge in [0, 0.05) is 18.6 Å². The van der Waals surface area contributed by atoms with Gasteiger partial charge in [0.15, 0.2) is 0 Å². The molecule has 0 fully saturated rings. The van der Waals surface area contributed by atoms with Gasteiger partial charge in [-0.1, -0.05) is 6.58 Å². The molecule has 1 atom stereocenters. The summed E-state index contributed by atoms with van der Waals surface area (Å²) < 4.78 is 0. The third kappa shape index (κ3) is 2.61. The molecule has 4 nitrogen and oxygen atoms in total. The second-order valence-electron chi connectivity index (χ2n) is 1.92. The molecule has 0 aliphatic carbocycles. The molecule has 0 aliphatic rings. The Morgan fingerprint density at radius 1 is 1.70 bits per heavy atom. The first-order valence-corrected chi connectivity index (χ1v) is 2.87. The van der Waals surface area contributed by atoms with Crippen molar-refractivity contribution in [3.63, 3.8) is 0 Å². The quantitative estimate of drug-likeness (QED) is 0.433. The number of carbonyl (C=O) groups excluding carboxylic acids is 1. The van der Waals surface area contributed by atoms with E-state index in [4.69, 9.17) is 15.9 Å². The third-order valence-corrected chi connectivity index (χ3v) is 1.12. The fraction of sp³-hybridized carbons (Fsp3) is 0.500. The number of aliphatic hydroxyl groups excluding tert-OH is 2. The number of hydrogen-bond acceptors (Lipinski definition) is 3. The normalized spacial score (nSPS) is 12.6. The number of carbonyl (C=O) groups is 1. The van der Waals surface area contributed by atoms with Gasteiger partial charge in [0.1, 0.15) is 0 Å². The Kier molecular flexibility index (Phi) is 3.68. The molecule has 0 aliphatic heterocycles. The summed E-state index contributed by atoms with van der Waals surface area (Å²) in [5, 5.41) is 17.2. The van der Waals surface area contributed by atoms with Crippen LogP contribution < -0.4 is 5.73 Å². The van der Waals surface area contributed by atoms with Crippen LogP contribution in [-0.2, 0) is 4.79 Å². The Hall–Kier alpha value is -0.870. The van der Waals surface area contributed by atoms with Crippen LogP contribution >= 0.6 is 0 Å². The average Bonchev–Trinajstić information content (AvgIpc) is 1.87. The minimum atomic E-state index is -1.01. The third-order valence-electron chi connectivity index (χ3n) is 1.12. The van der Waals surface area contributed by atoms with E-state index in [1.54, 1.807) is 0 Å². The summed E-state index contributed by atoms with van der Waals surface area (Å²) in [7, 11) is 0. The van der Waals surface area contributed by atoms with Gasteiger partial charge in [-0.3, -0.25) is 4.79 Å². The molecule has 4 heteroatoms. The molecule has 0 radical (unpaired) electrons. The second kappa shape index (κ2) is 4.03. The molecule has 0 saturated carbocycles. The Labute approximate surface area is 59.0 Å². The molecule has 58 valence electrons. The molecule has 0 saturated heterocycles. The molecule has 0 aromatic rings. The van der Waals surface area contributed by atoms with Crippen LogP contribution in [0.1, 0.15) is 6.42 Å². The fourth-order valence-electron chi connectivity index (χ4n) is 0.461. The van der Waals surface area contributed by atoms with Gasteiger partial charge in [0.2, 0.25) is 5.91 Å². The zero-order chi connectivity index (χ0) is 8.15. The monoisotopic (exact) mass is 145 g/mol. The summed E-state index contributed by atoms with van der Waals surface area (Å²) in [4.78, 5) is 10.3. The zero-order valence-corrected chi connectivity index (χ0v) is 5.58. The highest BCUT2D eigenvalue weighted by atomic mass is 16.3. The first kappa shape index (κ1) is 9.13. The van der Waals surface area contributed by atoms with Crippen LogP contribution in [0.25, 0.3) is 0 Å². The number of rotatable bonds is 4. The lowest BCUT2D eigenvalue weighted by molar-refractivity contribution is -0.115. The molecule has 1 amide bonds. The van der Waals surface area contributed by atoms with Gasteiger partial charge in [-0.2, -0.15) is 0 Å². The van der Waals surface area contributed by atoms with Crippen LogP contribution in [0.3, 0.4) is 0 Å². The van der Waals surface area contributed by atoms with Gasteiger partial charge >= 0.3 is 0 Å². The fourth-order valence-corrected chi connectivity index (χ4v) is 0.461. The molecule has 0 rings (SSSR count). The van der Waals surface area contributed by atoms with E-state index < -0.39 is 12.0 Å². The van der Waals surface area contributed by atoms with Crippen LogP contribution in [0.5, 0.6) is 0 Å². The molecule has 4 N–H and O–H groups in total. The van der Waals surface area contributed by atoms with E-state index in [2.05, 4.69) is 6.58 Å². The van der Waals surface area contributed by atoms with Crippen molar-refractivity contribution in [2.45, 2.75) is 12.5 Å². The summed E-state index contributed by atoms with van der Waals surface area (Å²) in [6, 6.07) is 0. The van der Waals surface area contributed by atoms with E-state index >= 15 is 0 Å². The van der Waals surface area contributed by atoms with E-state index in [0.717, 1.165) is 0 Å². The van der Waals surface area contributed by atoms with E-state index in [0.29, 0.717) is 0 Å². The molecule has 0 aromatic carbocycles. The lowest BCUT2D eigenvalue weighted by Crippen LogP contribution is -2.24. The average molecular weight is 145 g/mol. The molecule has 10 heavy (non-hydrogen) atoms. The maximum Gasteiger partial charge on any atom is 0.246 e. The van der Waals surface area contributed by atoms with Crippen molar-refractivity contribution >= 4 is 5.91 Å². The number of aliphatic hydroxyl groups is 2. The van der Waals surface area contributed by atoms with Crippen LogP contribution in [0.15, 0.2) is 12.2 Å². The lowest BCUT2D eigenvalue weighted by atomic mass is 10.1. The highest BCUT2D eigenvalue weighted by molar-refractivity contribution is 5.92. The predicted molar refractivity (Wildman–Crippen MR) is 36.0 cm³/mol. The topological polar surface area (TPSA) is 83.6 Å². The zero-order valence-electron chi connectivity index (χ0n) is 5.58. The first-order chi connectivity index (χ1) is 4.59. The van der Waals surface area contributed by atoms with Crippen LogP contribution in [-0.4, -0.2) is 28.8 Å². The van der Waals surface area contributed by atoms with Gasteiger partial charge in [-0.25, -0.2) is 0 Å². The standard InChI is InChI=1S/C6H11NO3/c1-4(6(7)10)5(9)2-3-8/h5,8-9H,1-3H2,(H2,7,10). The molecular formula is C6H11NO3. The summed E-state index contributed by atoms with van der Waals surface area (Å²) in [6.07, 6.45) is -0.913. The Morgan fingerprint density at radius 3 is 2.50 bits per heavy atom. The number of nitrogens with two attached hydrogens (primary N) is 1. The van der Waals surface area contributed by atoms with Crippen molar-refractivity contribution in [2.24, 2.45) is 5.73 Å². The van der Waals surface area contributed by atoms with Crippen molar-refractivity contribution in [3.05, 3.63) is 12.2 Å². The predicted octanol–water partition coefficient (Wildman–Crippen LogP) is -1.23. The first-order valence-electron chi connectivity index (χ1n) is 2.87. The van der Waals surface area contributed by atoms with E-state index in [1.807, 2.05) is 0 Å². The molecule has 0 bridgehead atoms. The van der Waals surface area contributed by atoms with Gasteiger partial charge in [0.05, 0.1) is 6.10 Å². The molecule has 0 aromatic heterocycles. The van der Waals surface area contributed by atoms with Crippen molar-refractivity contribution in [2.75, 3.05) is 6.61 Å². The second-order valence-corrected chi connectivity index (χ2v) is 1.92. The molecule has 1 unspecified atom stereocenters. The van der Waals surface area contributed by atoms with Crippen molar-refractivity contribution in [1.82, 2.24) is 0 Å². The van der Waals surface area contributed by atoms with E-state index in [-0.39, 0.29) is 18.6 Å². The summed E-state index contributed by atoms with van der Waals surface area (Å²) in [5.41, 5.74) is 4.73. The lowest BCUT2D eigenvalue weighted by Gasteiger charge is -2.07. The molecule has 0 spiro atoms. The molecular weight excluding hydrogens is 134 g/mol. The van der Waals surface area contributed by atoms with Crippen molar-refractivity contribution < 1.29 is 15.0 Å². The number of hydrogen-bond donors (Lipinski definition) is 3. The van der Waals surface area contributed by atoms with Gasteiger partial charge in [0.25, 0.3) is 0 Å². The minimum absolute atomic E-state index is 0.0611. The maximum atomic E-state index is 10.3. The molecule has 0 heterocycles. The maximum absolute atomic E-state index is 10.3. The highest BCUT2D eigenvalue weighted by Gasteiger charge is 2.11. The number of amides is 1. The SMILES string of the molecule is C=C(C(N)=O)C(O)CCO. The largest absolute Gasteiger partial charge is 0.396 e. The minimum Gasteiger partial charge on any atom is -0.396 e. The summed E-state index contributed by atoms with van der Waals surface area (Å²) >= 11 is 0. The smallest absolute Gasteiger partial charge is 0.246 e. The van der Waals surface area contributed by atoms with Crippen LogP contribution in [0, 0.1) is 0 Å². The summed E-state index contributed by atoms with van der Waals surface area (Å²) in [6.45, 7) is 3.05. The van der Waals surface area contributed by atoms with E-state index in [9.17, 15) is 4.79 Å². The highest BCUT2D eigenvalue weighted by Crippen LogP contribution is 2.01. The summed E-state index contributed by atoms with van der Waals surface area (Å²) in [5.74, 6) is -0.735. The Morgan fingerprint density at radius 2 is 2.20 bits per heavy atom. The van der Waals surface area contributed by atoms with Crippen LogP contribution in [0.2, 0.25) is 0 Å².